The summed E-state index contributed by atoms with van der Waals surface area (Å²) in [5.41, 5.74) is 0.709. The Balaban J connectivity index is 1.65. The molecule has 0 atom stereocenters. The lowest BCUT2D eigenvalue weighted by molar-refractivity contribution is -0.113. The van der Waals surface area contributed by atoms with E-state index < -0.39 is 17.5 Å². The second-order valence-electron chi connectivity index (χ2n) is 5.18. The van der Waals surface area contributed by atoms with Gasteiger partial charge in [0.1, 0.15) is 11.6 Å². The fraction of sp³-hybridized carbons (Fsp3) is 0.0625. The Bertz CT molecular complexity index is 945. The maximum absolute atomic E-state index is 13.1. The van der Waals surface area contributed by atoms with Crippen molar-refractivity contribution in [3.8, 4) is 11.4 Å². The van der Waals surface area contributed by atoms with E-state index in [0.29, 0.717) is 21.6 Å². The van der Waals surface area contributed by atoms with Crippen molar-refractivity contribution in [3.63, 3.8) is 0 Å². The van der Waals surface area contributed by atoms with Crippen molar-refractivity contribution in [1.29, 1.82) is 0 Å². The average molecular weight is 396 g/mol. The predicted molar refractivity (Wildman–Crippen MR) is 96.3 cm³/mol. The molecule has 0 saturated heterocycles. The maximum Gasteiger partial charge on any atom is 0.234 e. The summed E-state index contributed by atoms with van der Waals surface area (Å²) in [4.78, 5) is 11.9. The van der Waals surface area contributed by atoms with Gasteiger partial charge in [-0.2, -0.15) is 0 Å². The van der Waals surface area contributed by atoms with Crippen LogP contribution in [-0.4, -0.2) is 26.5 Å². The van der Waals surface area contributed by atoms with Crippen LogP contribution in [-0.2, 0) is 4.79 Å². The van der Waals surface area contributed by atoms with Crippen LogP contribution in [0.2, 0.25) is 5.02 Å². The van der Waals surface area contributed by atoms with Gasteiger partial charge < -0.3 is 11.2 Å². The zero-order valence-electron chi connectivity index (χ0n) is 13.1. The Kier molecular flexibility index (Phi) is 5.38. The van der Waals surface area contributed by atoms with E-state index in [0.717, 1.165) is 30.0 Å². The third kappa shape index (κ3) is 4.30. The number of anilines is 1. The van der Waals surface area contributed by atoms with E-state index in [1.807, 2.05) is 0 Å². The lowest BCUT2D eigenvalue weighted by Crippen LogP contribution is -2.16. The molecule has 1 heterocycles. The lowest BCUT2D eigenvalue weighted by Gasteiger charge is -2.06. The van der Waals surface area contributed by atoms with Crippen LogP contribution in [0.4, 0.5) is 14.5 Å². The Morgan fingerprint density at radius 1 is 1.19 bits per heavy atom. The fourth-order valence-corrected chi connectivity index (χ4v) is 3.00. The van der Waals surface area contributed by atoms with Gasteiger partial charge in [-0.1, -0.05) is 35.5 Å². The van der Waals surface area contributed by atoms with Crippen molar-refractivity contribution in [2.45, 2.75) is 5.16 Å². The summed E-state index contributed by atoms with van der Waals surface area (Å²) in [6, 6.07) is 9.71. The minimum atomic E-state index is -0.777. The van der Waals surface area contributed by atoms with Crippen molar-refractivity contribution < 1.29 is 13.6 Å². The summed E-state index contributed by atoms with van der Waals surface area (Å²) in [7, 11) is 0. The number of carbonyl (C=O) groups excluding carboxylic acids is 1. The molecule has 0 fully saturated rings. The van der Waals surface area contributed by atoms with Gasteiger partial charge in [0.25, 0.3) is 0 Å². The summed E-state index contributed by atoms with van der Waals surface area (Å²) in [5, 5.41) is 11.2. The van der Waals surface area contributed by atoms with Gasteiger partial charge in [-0.05, 0) is 24.3 Å². The van der Waals surface area contributed by atoms with E-state index in [1.54, 1.807) is 24.3 Å². The molecule has 0 radical (unpaired) electrons. The largest absolute Gasteiger partial charge is 0.335 e. The number of halogens is 3. The average Bonchev–Trinajstić information content (AvgIpc) is 2.93. The molecular formula is C16H12ClF2N5OS. The highest BCUT2D eigenvalue weighted by atomic mass is 35.5. The maximum atomic E-state index is 13.1. The Morgan fingerprint density at radius 3 is 2.62 bits per heavy atom. The Labute approximate surface area is 156 Å². The molecule has 0 aliphatic heterocycles. The fourth-order valence-electron chi connectivity index (χ4n) is 2.15. The molecule has 0 aliphatic rings. The molecule has 0 saturated carbocycles. The zero-order chi connectivity index (χ0) is 18.7. The standard InChI is InChI=1S/C16H12ClF2N5OS/c17-10-3-1-2-9(4-10)15-22-23-16(24(15)20)26-8-14(25)21-13-6-11(18)5-12(19)7-13/h1-7H,8,20H2,(H,21,25). The van der Waals surface area contributed by atoms with Crippen molar-refractivity contribution in [2.75, 3.05) is 16.9 Å². The van der Waals surface area contributed by atoms with Crippen LogP contribution < -0.4 is 11.2 Å². The van der Waals surface area contributed by atoms with Gasteiger partial charge >= 0.3 is 0 Å². The van der Waals surface area contributed by atoms with Crippen LogP contribution in [0.15, 0.2) is 47.6 Å². The quantitative estimate of drug-likeness (QED) is 0.511. The number of amides is 1. The van der Waals surface area contributed by atoms with Crippen LogP contribution in [0.1, 0.15) is 0 Å². The van der Waals surface area contributed by atoms with Crippen LogP contribution in [0.3, 0.4) is 0 Å². The smallest absolute Gasteiger partial charge is 0.234 e. The summed E-state index contributed by atoms with van der Waals surface area (Å²) in [6.07, 6.45) is 0. The number of thioether (sulfide) groups is 1. The molecule has 0 bridgehead atoms. The molecule has 0 unspecified atom stereocenters. The first kappa shape index (κ1) is 18.2. The number of benzene rings is 2. The van der Waals surface area contributed by atoms with Crippen molar-refractivity contribution in [1.82, 2.24) is 14.9 Å². The number of nitrogens with one attached hydrogen (secondary N) is 1. The minimum Gasteiger partial charge on any atom is -0.335 e. The molecule has 134 valence electrons. The third-order valence-corrected chi connectivity index (χ3v) is 4.40. The number of hydrogen-bond acceptors (Lipinski definition) is 5. The van der Waals surface area contributed by atoms with E-state index in [1.165, 1.54) is 4.68 Å². The lowest BCUT2D eigenvalue weighted by atomic mass is 10.2. The van der Waals surface area contributed by atoms with Crippen LogP contribution in [0, 0.1) is 11.6 Å². The number of nitrogens with two attached hydrogens (primary N) is 1. The van der Waals surface area contributed by atoms with Crippen molar-refractivity contribution in [3.05, 3.63) is 59.1 Å². The first-order valence-corrected chi connectivity index (χ1v) is 8.64. The molecule has 1 amide bonds. The summed E-state index contributed by atoms with van der Waals surface area (Å²) in [6.45, 7) is 0. The van der Waals surface area contributed by atoms with Gasteiger partial charge in [0.15, 0.2) is 5.82 Å². The van der Waals surface area contributed by atoms with E-state index in [4.69, 9.17) is 17.4 Å². The number of rotatable bonds is 5. The Hall–Kier alpha value is -2.65. The highest BCUT2D eigenvalue weighted by Gasteiger charge is 2.14. The highest BCUT2D eigenvalue weighted by molar-refractivity contribution is 7.99. The molecule has 6 nitrogen and oxygen atoms in total. The summed E-state index contributed by atoms with van der Waals surface area (Å²) >= 11 is 6.98. The molecule has 1 aromatic heterocycles. The molecule has 0 aliphatic carbocycles. The van der Waals surface area contributed by atoms with E-state index >= 15 is 0 Å². The summed E-state index contributed by atoms with van der Waals surface area (Å²) in [5.74, 6) is 4.27. The van der Waals surface area contributed by atoms with Crippen LogP contribution >= 0.6 is 23.4 Å². The third-order valence-electron chi connectivity index (χ3n) is 3.23. The molecular weight excluding hydrogens is 384 g/mol. The first-order valence-electron chi connectivity index (χ1n) is 7.27. The molecule has 3 aromatic rings. The molecule has 3 N–H and O–H groups in total. The predicted octanol–water partition coefficient (Wildman–Crippen LogP) is 3.32. The van der Waals surface area contributed by atoms with Gasteiger partial charge in [-0.3, -0.25) is 4.79 Å². The molecule has 10 heteroatoms. The van der Waals surface area contributed by atoms with Gasteiger partial charge in [-0.25, -0.2) is 13.5 Å². The molecule has 0 spiro atoms. The number of nitrogens with zero attached hydrogens (tertiary/aromatic N) is 3. The van der Waals surface area contributed by atoms with Gasteiger partial charge in [0.2, 0.25) is 11.1 Å². The normalized spacial score (nSPS) is 10.7. The molecule has 26 heavy (non-hydrogen) atoms. The highest BCUT2D eigenvalue weighted by Crippen LogP contribution is 2.24. The number of nitrogen functional groups attached to an aromatic ring is 1. The van der Waals surface area contributed by atoms with Gasteiger partial charge in [-0.15, -0.1) is 10.2 Å². The first-order chi connectivity index (χ1) is 12.4. The van der Waals surface area contributed by atoms with E-state index in [-0.39, 0.29) is 11.4 Å². The number of aromatic nitrogens is 3. The van der Waals surface area contributed by atoms with E-state index in [2.05, 4.69) is 15.5 Å². The van der Waals surface area contributed by atoms with Crippen molar-refractivity contribution in [2.24, 2.45) is 0 Å². The van der Waals surface area contributed by atoms with E-state index in [9.17, 15) is 13.6 Å². The topological polar surface area (TPSA) is 85.8 Å². The zero-order valence-corrected chi connectivity index (χ0v) is 14.7. The van der Waals surface area contributed by atoms with Crippen LogP contribution in [0.5, 0.6) is 0 Å². The molecule has 3 rings (SSSR count). The second kappa shape index (κ2) is 7.71. The molecule has 2 aromatic carbocycles. The van der Waals surface area contributed by atoms with Crippen LogP contribution in [0.25, 0.3) is 11.4 Å². The second-order valence-corrected chi connectivity index (χ2v) is 6.56. The number of carbonyl (C=O) groups is 1. The monoisotopic (exact) mass is 395 g/mol. The van der Waals surface area contributed by atoms with Crippen molar-refractivity contribution >= 4 is 35.0 Å². The summed E-state index contributed by atoms with van der Waals surface area (Å²) < 4.78 is 27.5. The van der Waals surface area contributed by atoms with Gasteiger partial charge in [0.05, 0.1) is 5.75 Å². The number of hydrogen-bond donors (Lipinski definition) is 2. The van der Waals surface area contributed by atoms with Gasteiger partial charge in [0, 0.05) is 22.3 Å². The SMILES string of the molecule is Nn1c(SCC(=O)Nc2cc(F)cc(F)c2)nnc1-c1cccc(Cl)c1. The Morgan fingerprint density at radius 2 is 1.92 bits per heavy atom. The minimum absolute atomic E-state index is 0.0296.